The van der Waals surface area contributed by atoms with Gasteiger partial charge in [-0.25, -0.2) is 0 Å². The van der Waals surface area contributed by atoms with Crippen molar-refractivity contribution in [3.63, 3.8) is 0 Å². The van der Waals surface area contributed by atoms with E-state index in [2.05, 4.69) is 22.6 Å². The van der Waals surface area contributed by atoms with Crippen molar-refractivity contribution in [3.05, 3.63) is 27.8 Å². The number of carbonyl (C=O) groups is 1. The van der Waals surface area contributed by atoms with E-state index < -0.39 is 0 Å². The maximum atomic E-state index is 11.2. The summed E-state index contributed by atoms with van der Waals surface area (Å²) in [5, 5.41) is 0. The van der Waals surface area contributed by atoms with Crippen LogP contribution in [0.4, 0.5) is 0 Å². The zero-order valence-corrected chi connectivity index (χ0v) is 10.6. The highest BCUT2D eigenvalue weighted by atomic mass is 127. The second-order valence-corrected chi connectivity index (χ2v) is 5.08. The van der Waals surface area contributed by atoms with Crippen LogP contribution >= 0.6 is 22.6 Å². The molecule has 1 aliphatic rings. The maximum absolute atomic E-state index is 11.2. The molecule has 80 valence electrons. The first-order valence-electron chi connectivity index (χ1n) is 5.18. The van der Waals surface area contributed by atoms with Crippen molar-refractivity contribution in [2.75, 3.05) is 0 Å². The van der Waals surface area contributed by atoms with Crippen LogP contribution in [0.15, 0.2) is 24.3 Å². The third-order valence-electron chi connectivity index (χ3n) is 2.54. The Balaban J connectivity index is 1.99. The molecule has 0 radical (unpaired) electrons. The van der Waals surface area contributed by atoms with E-state index in [9.17, 15) is 4.79 Å². The second kappa shape index (κ2) is 4.96. The van der Waals surface area contributed by atoms with Crippen molar-refractivity contribution >= 4 is 28.4 Å². The number of Topliss-reactive ketones (excluding diaryl/α,β-unsaturated/α-hetero) is 1. The molecule has 0 amide bonds. The van der Waals surface area contributed by atoms with E-state index in [0.29, 0.717) is 12.2 Å². The van der Waals surface area contributed by atoms with Gasteiger partial charge in [-0.3, -0.25) is 4.79 Å². The fourth-order valence-electron chi connectivity index (χ4n) is 1.82. The number of rotatable bonds is 2. The van der Waals surface area contributed by atoms with Crippen molar-refractivity contribution in [2.24, 2.45) is 0 Å². The smallest absolute Gasteiger partial charge is 0.136 e. The number of ketones is 1. The van der Waals surface area contributed by atoms with Gasteiger partial charge in [0.15, 0.2) is 0 Å². The molecule has 3 heteroatoms. The van der Waals surface area contributed by atoms with Gasteiger partial charge in [0.2, 0.25) is 0 Å². The van der Waals surface area contributed by atoms with Crippen LogP contribution in [0.25, 0.3) is 0 Å². The molecule has 1 saturated carbocycles. The Labute approximate surface area is 103 Å². The van der Waals surface area contributed by atoms with E-state index in [-0.39, 0.29) is 6.10 Å². The standard InChI is InChI=1S/C12H13IO2/c13-9-3-1-5-11(7-9)15-12-6-2-4-10(14)8-12/h1,3,5,7,12H,2,4,6,8H2. The van der Waals surface area contributed by atoms with E-state index in [4.69, 9.17) is 4.74 Å². The van der Waals surface area contributed by atoms with Crippen molar-refractivity contribution in [1.82, 2.24) is 0 Å². The molecule has 0 N–H and O–H groups in total. The van der Waals surface area contributed by atoms with Gasteiger partial charge in [-0.05, 0) is 53.6 Å². The third-order valence-corrected chi connectivity index (χ3v) is 3.21. The van der Waals surface area contributed by atoms with Crippen molar-refractivity contribution < 1.29 is 9.53 Å². The number of hydrogen-bond donors (Lipinski definition) is 0. The molecule has 0 aliphatic heterocycles. The molecule has 1 aliphatic carbocycles. The molecule has 0 spiro atoms. The molecule has 15 heavy (non-hydrogen) atoms. The van der Waals surface area contributed by atoms with Gasteiger partial charge in [-0.2, -0.15) is 0 Å². The number of carbonyl (C=O) groups excluding carboxylic acids is 1. The molecule has 1 aromatic carbocycles. The number of halogens is 1. The lowest BCUT2D eigenvalue weighted by Gasteiger charge is -2.22. The molecular formula is C12H13IO2. The quantitative estimate of drug-likeness (QED) is 0.784. The Hall–Kier alpha value is -0.580. The fourth-order valence-corrected chi connectivity index (χ4v) is 2.33. The first-order valence-corrected chi connectivity index (χ1v) is 6.26. The lowest BCUT2D eigenvalue weighted by molar-refractivity contribution is -0.122. The summed E-state index contributed by atoms with van der Waals surface area (Å²) in [6, 6.07) is 7.95. The summed E-state index contributed by atoms with van der Waals surface area (Å²) in [7, 11) is 0. The predicted molar refractivity (Wildman–Crippen MR) is 67.1 cm³/mol. The molecule has 1 unspecified atom stereocenters. The van der Waals surface area contributed by atoms with Gasteiger partial charge in [-0.1, -0.05) is 6.07 Å². The van der Waals surface area contributed by atoms with Crippen LogP contribution in [-0.4, -0.2) is 11.9 Å². The number of hydrogen-bond acceptors (Lipinski definition) is 2. The van der Waals surface area contributed by atoms with Gasteiger partial charge in [0.1, 0.15) is 17.6 Å². The Morgan fingerprint density at radius 3 is 3.00 bits per heavy atom. The van der Waals surface area contributed by atoms with Crippen molar-refractivity contribution in [2.45, 2.75) is 31.8 Å². The van der Waals surface area contributed by atoms with Gasteiger partial charge in [0.25, 0.3) is 0 Å². The van der Waals surface area contributed by atoms with E-state index in [1.165, 1.54) is 0 Å². The van der Waals surface area contributed by atoms with Crippen LogP contribution in [0.1, 0.15) is 25.7 Å². The Morgan fingerprint density at radius 2 is 2.27 bits per heavy atom. The second-order valence-electron chi connectivity index (χ2n) is 3.83. The summed E-state index contributed by atoms with van der Waals surface area (Å²) < 4.78 is 6.94. The van der Waals surface area contributed by atoms with E-state index in [0.717, 1.165) is 28.6 Å². The highest BCUT2D eigenvalue weighted by Gasteiger charge is 2.20. The number of ether oxygens (including phenoxy) is 1. The van der Waals surface area contributed by atoms with Gasteiger partial charge in [0.05, 0.1) is 0 Å². The molecule has 0 saturated heterocycles. The van der Waals surface area contributed by atoms with Crippen LogP contribution in [0, 0.1) is 3.57 Å². The monoisotopic (exact) mass is 316 g/mol. The molecule has 1 atom stereocenters. The summed E-state index contributed by atoms with van der Waals surface area (Å²) >= 11 is 2.26. The SMILES string of the molecule is O=C1CCCC(Oc2cccc(I)c2)C1. The summed E-state index contributed by atoms with van der Waals surface area (Å²) in [6.45, 7) is 0. The zero-order valence-electron chi connectivity index (χ0n) is 8.41. The van der Waals surface area contributed by atoms with Crippen LogP contribution in [0.5, 0.6) is 5.75 Å². The molecule has 0 bridgehead atoms. The lowest BCUT2D eigenvalue weighted by atomic mass is 9.96. The van der Waals surface area contributed by atoms with Crippen LogP contribution in [0.2, 0.25) is 0 Å². The summed E-state index contributed by atoms with van der Waals surface area (Å²) in [4.78, 5) is 11.2. The first kappa shape index (κ1) is 10.9. The molecule has 0 heterocycles. The molecular weight excluding hydrogens is 303 g/mol. The highest BCUT2D eigenvalue weighted by molar-refractivity contribution is 14.1. The minimum Gasteiger partial charge on any atom is -0.490 e. The van der Waals surface area contributed by atoms with Crippen LogP contribution < -0.4 is 4.74 Å². The zero-order chi connectivity index (χ0) is 10.7. The first-order chi connectivity index (χ1) is 7.24. The third kappa shape index (κ3) is 3.19. The maximum Gasteiger partial charge on any atom is 0.136 e. The van der Waals surface area contributed by atoms with E-state index in [1.807, 2.05) is 24.3 Å². The molecule has 2 nitrogen and oxygen atoms in total. The van der Waals surface area contributed by atoms with Gasteiger partial charge in [0, 0.05) is 16.4 Å². The van der Waals surface area contributed by atoms with Crippen molar-refractivity contribution in [3.8, 4) is 5.75 Å². The van der Waals surface area contributed by atoms with Crippen LogP contribution in [0.3, 0.4) is 0 Å². The normalized spacial score (nSPS) is 21.4. The summed E-state index contributed by atoms with van der Waals surface area (Å²) in [5.41, 5.74) is 0. The predicted octanol–water partition coefficient (Wildman–Crippen LogP) is 3.18. The van der Waals surface area contributed by atoms with Crippen LogP contribution in [-0.2, 0) is 4.79 Å². The Morgan fingerprint density at radius 1 is 1.40 bits per heavy atom. The average Bonchev–Trinajstić information content (AvgIpc) is 2.17. The summed E-state index contributed by atoms with van der Waals surface area (Å²) in [6.07, 6.45) is 3.35. The largest absolute Gasteiger partial charge is 0.490 e. The average molecular weight is 316 g/mol. The van der Waals surface area contributed by atoms with E-state index >= 15 is 0 Å². The van der Waals surface area contributed by atoms with Gasteiger partial charge >= 0.3 is 0 Å². The number of benzene rings is 1. The van der Waals surface area contributed by atoms with Crippen molar-refractivity contribution in [1.29, 1.82) is 0 Å². The summed E-state index contributed by atoms with van der Waals surface area (Å²) in [5.74, 6) is 1.21. The molecule has 1 fully saturated rings. The molecule has 0 aromatic heterocycles. The Kier molecular flexibility index (Phi) is 3.61. The minimum absolute atomic E-state index is 0.0875. The highest BCUT2D eigenvalue weighted by Crippen LogP contribution is 2.22. The van der Waals surface area contributed by atoms with Gasteiger partial charge in [-0.15, -0.1) is 0 Å². The van der Waals surface area contributed by atoms with Gasteiger partial charge < -0.3 is 4.74 Å². The molecule has 1 aromatic rings. The lowest BCUT2D eigenvalue weighted by Crippen LogP contribution is -2.25. The topological polar surface area (TPSA) is 26.3 Å². The minimum atomic E-state index is 0.0875. The van der Waals surface area contributed by atoms with E-state index in [1.54, 1.807) is 0 Å². The Bertz CT molecular complexity index is 362. The fraction of sp³-hybridized carbons (Fsp3) is 0.417. The molecule has 2 rings (SSSR count).